The fourth-order valence-electron chi connectivity index (χ4n) is 3.24. The summed E-state index contributed by atoms with van der Waals surface area (Å²) in [5.41, 5.74) is 1.86. The van der Waals surface area contributed by atoms with Crippen molar-refractivity contribution in [3.05, 3.63) is 76.1 Å². The summed E-state index contributed by atoms with van der Waals surface area (Å²) in [5.74, 6) is -1.00. The van der Waals surface area contributed by atoms with Gasteiger partial charge in [0.1, 0.15) is 16.6 Å². The average molecular weight is 399 g/mol. The van der Waals surface area contributed by atoms with Crippen LogP contribution in [0.25, 0.3) is 11.3 Å². The normalized spacial score (nSPS) is 15.0. The molecule has 0 aliphatic carbocycles. The summed E-state index contributed by atoms with van der Waals surface area (Å²) in [5, 5.41) is 2.95. The van der Waals surface area contributed by atoms with E-state index in [1.54, 1.807) is 40.5 Å². The predicted molar refractivity (Wildman–Crippen MR) is 105 cm³/mol. The van der Waals surface area contributed by atoms with Crippen LogP contribution in [0.2, 0.25) is 0 Å². The molecule has 1 aliphatic rings. The lowest BCUT2D eigenvalue weighted by Gasteiger charge is -2.34. The number of rotatable bonds is 4. The third-order valence-corrected chi connectivity index (χ3v) is 5.65. The van der Waals surface area contributed by atoms with Gasteiger partial charge < -0.3 is 4.90 Å². The first-order valence-electron chi connectivity index (χ1n) is 9.06. The maximum Gasteiger partial charge on any atom is 0.256 e. The summed E-state index contributed by atoms with van der Waals surface area (Å²) in [6.07, 6.45) is 0. The fraction of sp³-hybridized carbons (Fsp3) is 0.238. The third kappa shape index (κ3) is 4.10. The zero-order valence-electron chi connectivity index (χ0n) is 15.1. The van der Waals surface area contributed by atoms with Gasteiger partial charge in [-0.3, -0.25) is 9.69 Å². The van der Waals surface area contributed by atoms with E-state index >= 15 is 0 Å². The first-order valence-corrected chi connectivity index (χ1v) is 9.94. The molecule has 7 heteroatoms. The van der Waals surface area contributed by atoms with Crippen molar-refractivity contribution < 1.29 is 13.6 Å². The smallest absolute Gasteiger partial charge is 0.256 e. The number of amides is 1. The molecule has 0 N–H and O–H groups in total. The van der Waals surface area contributed by atoms with Crippen LogP contribution in [0.15, 0.2) is 53.9 Å². The van der Waals surface area contributed by atoms with E-state index in [0.717, 1.165) is 16.3 Å². The zero-order valence-corrected chi connectivity index (χ0v) is 16.0. The van der Waals surface area contributed by atoms with Crippen molar-refractivity contribution in [2.75, 3.05) is 26.2 Å². The Kier molecular flexibility index (Phi) is 5.45. The first-order chi connectivity index (χ1) is 13.6. The van der Waals surface area contributed by atoms with E-state index in [1.165, 1.54) is 24.3 Å². The Morgan fingerprint density at radius 1 is 1.00 bits per heavy atom. The molecule has 28 heavy (non-hydrogen) atoms. The van der Waals surface area contributed by atoms with Crippen LogP contribution in [0.3, 0.4) is 0 Å². The average Bonchev–Trinajstić information content (AvgIpc) is 3.17. The molecule has 4 rings (SSSR count). The van der Waals surface area contributed by atoms with Gasteiger partial charge in [-0.05, 0) is 36.4 Å². The van der Waals surface area contributed by atoms with Crippen molar-refractivity contribution in [1.82, 2.24) is 14.8 Å². The summed E-state index contributed by atoms with van der Waals surface area (Å²) < 4.78 is 26.9. The van der Waals surface area contributed by atoms with Crippen LogP contribution >= 0.6 is 11.3 Å². The molecule has 4 nitrogen and oxygen atoms in total. The molecule has 3 aromatic rings. The Morgan fingerprint density at radius 2 is 1.71 bits per heavy atom. The fourth-order valence-corrected chi connectivity index (χ4v) is 4.09. The molecule has 0 saturated carbocycles. The van der Waals surface area contributed by atoms with Gasteiger partial charge in [0.2, 0.25) is 0 Å². The molecule has 0 bridgehead atoms. The molecule has 1 fully saturated rings. The number of piperazine rings is 1. The Bertz CT molecular complexity index is 966. The monoisotopic (exact) mass is 399 g/mol. The molecular formula is C21H19F2N3OS. The second kappa shape index (κ2) is 8.16. The highest BCUT2D eigenvalue weighted by atomic mass is 32.1. The zero-order chi connectivity index (χ0) is 19.5. The van der Waals surface area contributed by atoms with Gasteiger partial charge in [0.15, 0.2) is 0 Å². The molecule has 1 aliphatic heterocycles. The largest absolute Gasteiger partial charge is 0.336 e. The molecule has 0 spiro atoms. The van der Waals surface area contributed by atoms with Crippen molar-refractivity contribution in [3.8, 4) is 11.3 Å². The minimum atomic E-state index is -0.481. The van der Waals surface area contributed by atoms with Crippen molar-refractivity contribution in [3.63, 3.8) is 0 Å². The van der Waals surface area contributed by atoms with E-state index in [0.29, 0.717) is 32.7 Å². The molecule has 1 aromatic heterocycles. The van der Waals surface area contributed by atoms with Crippen LogP contribution in [-0.2, 0) is 6.54 Å². The number of aromatic nitrogens is 1. The highest BCUT2D eigenvalue weighted by molar-refractivity contribution is 7.09. The van der Waals surface area contributed by atoms with Gasteiger partial charge in [-0.25, -0.2) is 13.8 Å². The highest BCUT2D eigenvalue weighted by Gasteiger charge is 2.24. The molecule has 0 radical (unpaired) electrons. The number of hydrogen-bond acceptors (Lipinski definition) is 4. The number of thiazole rings is 1. The van der Waals surface area contributed by atoms with Crippen molar-refractivity contribution in [2.24, 2.45) is 0 Å². The van der Waals surface area contributed by atoms with Crippen LogP contribution in [-0.4, -0.2) is 46.9 Å². The number of nitrogens with zero attached hydrogens (tertiary/aromatic N) is 3. The number of halogens is 2. The van der Waals surface area contributed by atoms with Crippen LogP contribution in [0, 0.1) is 11.6 Å². The Labute approximate surface area is 166 Å². The molecule has 2 heterocycles. The Hall–Kier alpha value is -2.64. The van der Waals surface area contributed by atoms with Crippen LogP contribution < -0.4 is 0 Å². The lowest BCUT2D eigenvalue weighted by molar-refractivity contribution is 0.0624. The quantitative estimate of drug-likeness (QED) is 0.664. The van der Waals surface area contributed by atoms with Gasteiger partial charge >= 0.3 is 0 Å². The van der Waals surface area contributed by atoms with Crippen LogP contribution in [0.4, 0.5) is 8.78 Å². The third-order valence-electron chi connectivity index (χ3n) is 4.81. The maximum absolute atomic E-state index is 13.8. The van der Waals surface area contributed by atoms with Gasteiger partial charge in [-0.2, -0.15) is 0 Å². The first kappa shape index (κ1) is 18.7. The minimum absolute atomic E-state index is 0.125. The molecule has 144 valence electrons. The molecule has 2 aromatic carbocycles. The standard InChI is InChI=1S/C21H19F2N3OS/c22-16-7-5-15(6-8-16)19-14-28-20(24-19)13-25-9-11-26(12-10-25)21(27)17-3-1-2-4-18(17)23/h1-8,14H,9-13H2. The number of carbonyl (C=O) groups is 1. The van der Waals surface area contributed by atoms with Gasteiger partial charge in [-0.15, -0.1) is 11.3 Å². The van der Waals surface area contributed by atoms with E-state index in [4.69, 9.17) is 0 Å². The van der Waals surface area contributed by atoms with Crippen molar-refractivity contribution >= 4 is 17.2 Å². The van der Waals surface area contributed by atoms with Gasteiger partial charge in [-0.1, -0.05) is 12.1 Å². The number of carbonyl (C=O) groups excluding carboxylic acids is 1. The van der Waals surface area contributed by atoms with Gasteiger partial charge in [0.05, 0.1) is 17.8 Å². The minimum Gasteiger partial charge on any atom is -0.336 e. The summed E-state index contributed by atoms with van der Waals surface area (Å²) in [6.45, 7) is 3.25. The van der Waals surface area contributed by atoms with Crippen molar-refractivity contribution in [2.45, 2.75) is 6.54 Å². The number of benzene rings is 2. The predicted octanol–water partition coefficient (Wildman–Crippen LogP) is 4.05. The van der Waals surface area contributed by atoms with Gasteiger partial charge in [0, 0.05) is 37.1 Å². The summed E-state index contributed by atoms with van der Waals surface area (Å²) >= 11 is 1.57. The summed E-state index contributed by atoms with van der Waals surface area (Å²) in [4.78, 5) is 21.1. The number of hydrogen-bond donors (Lipinski definition) is 0. The molecule has 1 amide bonds. The van der Waals surface area contributed by atoms with Crippen LogP contribution in [0.1, 0.15) is 15.4 Å². The lowest BCUT2D eigenvalue weighted by atomic mass is 10.1. The van der Waals surface area contributed by atoms with E-state index in [9.17, 15) is 13.6 Å². The molecule has 0 atom stereocenters. The molecule has 1 saturated heterocycles. The Morgan fingerprint density at radius 3 is 2.43 bits per heavy atom. The summed E-state index contributed by atoms with van der Waals surface area (Å²) in [6, 6.07) is 12.4. The highest BCUT2D eigenvalue weighted by Crippen LogP contribution is 2.23. The second-order valence-electron chi connectivity index (χ2n) is 6.68. The van der Waals surface area contributed by atoms with E-state index in [-0.39, 0.29) is 17.3 Å². The summed E-state index contributed by atoms with van der Waals surface area (Å²) in [7, 11) is 0. The van der Waals surface area contributed by atoms with Crippen molar-refractivity contribution in [1.29, 1.82) is 0 Å². The SMILES string of the molecule is O=C(c1ccccc1F)N1CCN(Cc2nc(-c3ccc(F)cc3)cs2)CC1. The second-order valence-corrected chi connectivity index (χ2v) is 7.62. The van der Waals surface area contributed by atoms with E-state index in [1.807, 2.05) is 5.38 Å². The maximum atomic E-state index is 13.8. The Balaban J connectivity index is 1.34. The lowest BCUT2D eigenvalue weighted by Crippen LogP contribution is -2.48. The van der Waals surface area contributed by atoms with Crippen LogP contribution in [0.5, 0.6) is 0 Å². The topological polar surface area (TPSA) is 36.4 Å². The van der Waals surface area contributed by atoms with E-state index in [2.05, 4.69) is 9.88 Å². The van der Waals surface area contributed by atoms with Gasteiger partial charge in [0.25, 0.3) is 5.91 Å². The van der Waals surface area contributed by atoms with E-state index < -0.39 is 5.82 Å². The molecule has 0 unspecified atom stereocenters. The molecular weight excluding hydrogens is 380 g/mol.